The van der Waals surface area contributed by atoms with E-state index >= 15 is 0 Å². The number of alkyl halides is 3. The van der Waals surface area contributed by atoms with E-state index in [0.717, 1.165) is 0 Å². The van der Waals surface area contributed by atoms with E-state index in [9.17, 15) is 9.59 Å². The summed E-state index contributed by atoms with van der Waals surface area (Å²) in [6.07, 6.45) is 0.388. The summed E-state index contributed by atoms with van der Waals surface area (Å²) in [5, 5.41) is 1.21. The van der Waals surface area contributed by atoms with Gasteiger partial charge in [-0.25, -0.2) is 9.59 Å². The van der Waals surface area contributed by atoms with Crippen molar-refractivity contribution in [1.82, 2.24) is 0 Å². The zero-order valence-corrected chi connectivity index (χ0v) is 16.1. The number of ether oxygens (including phenoxy) is 2. The summed E-state index contributed by atoms with van der Waals surface area (Å²) in [5.41, 5.74) is 0.556. The van der Waals surface area contributed by atoms with E-state index in [-0.39, 0.29) is 22.6 Å². The monoisotopic (exact) mass is 474 g/mol. The molecule has 0 rings (SSSR count). The van der Waals surface area contributed by atoms with Crippen molar-refractivity contribution < 1.29 is 19.1 Å². The minimum absolute atomic E-state index is 0.0364. The van der Waals surface area contributed by atoms with Crippen molar-refractivity contribution in [2.24, 2.45) is 0 Å². The van der Waals surface area contributed by atoms with E-state index < -0.39 is 11.9 Å². The van der Waals surface area contributed by atoms with Gasteiger partial charge in [-0.3, -0.25) is 0 Å². The van der Waals surface area contributed by atoms with Gasteiger partial charge in [-0.15, -0.1) is 0 Å². The maximum absolute atomic E-state index is 11.8. The van der Waals surface area contributed by atoms with Crippen molar-refractivity contribution in [2.45, 2.75) is 25.1 Å². The molecule has 4 nitrogen and oxygen atoms in total. The smallest absolute Gasteiger partial charge is 0.338 e. The molecule has 0 saturated carbocycles. The van der Waals surface area contributed by atoms with Crippen LogP contribution in [0.1, 0.15) is 20.3 Å². The Bertz CT molecular complexity index is 404. The second kappa shape index (κ2) is 10.6. The number of hydrogen-bond acceptors (Lipinski definition) is 4. The average molecular weight is 477 g/mol. The molecule has 0 aliphatic carbocycles. The van der Waals surface area contributed by atoms with Crippen molar-refractivity contribution in [2.75, 3.05) is 17.3 Å². The van der Waals surface area contributed by atoms with Crippen LogP contribution in [0.25, 0.3) is 0 Å². The van der Waals surface area contributed by atoms with Gasteiger partial charge in [0.2, 0.25) is 0 Å². The number of allylic oxidation sites excluding steroid dienone is 1. The number of rotatable bonds is 8. The van der Waals surface area contributed by atoms with Gasteiger partial charge in [-0.2, -0.15) is 0 Å². The lowest BCUT2D eigenvalue weighted by molar-refractivity contribution is -0.139. The van der Waals surface area contributed by atoms with Gasteiger partial charge in [0.15, 0.2) is 0 Å². The molecule has 0 aromatic heterocycles. The number of carbonyl (C=O) groups excluding carboxylic acids is 2. The van der Waals surface area contributed by atoms with Crippen LogP contribution in [0.15, 0.2) is 23.5 Å². The maximum Gasteiger partial charge on any atom is 0.338 e. The Balaban J connectivity index is 5.10. The van der Waals surface area contributed by atoms with Gasteiger partial charge in [0.05, 0.1) is 5.57 Å². The summed E-state index contributed by atoms with van der Waals surface area (Å²) >= 11 is 9.91. The van der Waals surface area contributed by atoms with E-state index in [2.05, 4.69) is 54.4 Å². The molecule has 7 heteroatoms. The van der Waals surface area contributed by atoms with E-state index in [4.69, 9.17) is 9.47 Å². The number of esters is 2. The number of hydrogen-bond donors (Lipinski definition) is 0. The highest BCUT2D eigenvalue weighted by molar-refractivity contribution is 9.12. The second-order valence-corrected chi connectivity index (χ2v) is 6.73. The third kappa shape index (κ3) is 7.59. The van der Waals surface area contributed by atoms with Gasteiger partial charge in [0.1, 0.15) is 12.4 Å². The van der Waals surface area contributed by atoms with Gasteiger partial charge in [-0.05, 0) is 13.8 Å². The molecule has 0 fully saturated rings. The standard InChI is InChI=1S/C13H17Br3O4/c1-8(2)12(17)20-11(6-10(16)7-15)9(3)13(18)19-5-4-14/h10H,1,4-7H2,2-3H3. The summed E-state index contributed by atoms with van der Waals surface area (Å²) in [5.74, 6) is -0.760. The zero-order chi connectivity index (χ0) is 15.7. The first-order valence-electron chi connectivity index (χ1n) is 5.84. The van der Waals surface area contributed by atoms with Crippen LogP contribution in [0.5, 0.6) is 0 Å². The second-order valence-electron chi connectivity index (χ2n) is 4.00. The molecule has 0 aromatic rings. The van der Waals surface area contributed by atoms with Crippen LogP contribution in [-0.2, 0) is 19.1 Å². The van der Waals surface area contributed by atoms with E-state index in [1.165, 1.54) is 0 Å². The lowest BCUT2D eigenvalue weighted by atomic mass is 10.2. The fourth-order valence-corrected chi connectivity index (χ4v) is 1.76. The van der Waals surface area contributed by atoms with Crippen molar-refractivity contribution in [1.29, 1.82) is 0 Å². The molecule has 0 heterocycles. The normalized spacial score (nSPS) is 13.2. The van der Waals surface area contributed by atoms with Crippen LogP contribution in [0, 0.1) is 0 Å². The van der Waals surface area contributed by atoms with Gasteiger partial charge in [0, 0.05) is 27.5 Å². The third-order valence-electron chi connectivity index (χ3n) is 2.17. The molecule has 1 unspecified atom stereocenters. The summed E-state index contributed by atoms with van der Waals surface area (Å²) in [4.78, 5) is 23.5. The molecule has 0 N–H and O–H groups in total. The van der Waals surface area contributed by atoms with Crippen LogP contribution < -0.4 is 0 Å². The molecule has 0 saturated heterocycles. The predicted octanol–water partition coefficient (Wildman–Crippen LogP) is 3.87. The molecule has 0 spiro atoms. The summed E-state index contributed by atoms with van der Waals surface area (Å²) in [6.45, 7) is 6.90. The lowest BCUT2D eigenvalue weighted by Gasteiger charge is -2.14. The maximum atomic E-state index is 11.8. The Hall–Kier alpha value is -0.140. The quantitative estimate of drug-likeness (QED) is 0.231. The zero-order valence-electron chi connectivity index (χ0n) is 11.4. The summed E-state index contributed by atoms with van der Waals surface area (Å²) in [6, 6.07) is 0. The van der Waals surface area contributed by atoms with Crippen molar-refractivity contribution in [3.05, 3.63) is 23.5 Å². The first-order chi connectivity index (χ1) is 9.33. The Morgan fingerprint density at radius 1 is 1.20 bits per heavy atom. The molecule has 0 aliphatic rings. The van der Waals surface area contributed by atoms with Crippen molar-refractivity contribution in [3.63, 3.8) is 0 Å². The van der Waals surface area contributed by atoms with Crippen molar-refractivity contribution in [3.8, 4) is 0 Å². The average Bonchev–Trinajstić information content (AvgIpc) is 2.42. The van der Waals surface area contributed by atoms with Crippen molar-refractivity contribution >= 4 is 59.7 Å². The van der Waals surface area contributed by atoms with Gasteiger partial charge < -0.3 is 9.47 Å². The summed E-state index contributed by atoms with van der Waals surface area (Å²) < 4.78 is 10.2. The van der Waals surface area contributed by atoms with Crippen LogP contribution >= 0.6 is 47.8 Å². The Labute approximate surface area is 144 Å². The highest BCUT2D eigenvalue weighted by atomic mass is 79.9. The molecule has 0 radical (unpaired) electrons. The molecule has 0 aromatic carbocycles. The highest BCUT2D eigenvalue weighted by Crippen LogP contribution is 2.21. The third-order valence-corrected chi connectivity index (χ3v) is 4.80. The SMILES string of the molecule is C=C(C)C(=O)OC(CC(Br)CBr)=C(C)C(=O)OCCBr. The molecule has 0 bridgehead atoms. The highest BCUT2D eigenvalue weighted by Gasteiger charge is 2.19. The van der Waals surface area contributed by atoms with Gasteiger partial charge >= 0.3 is 11.9 Å². The first-order valence-corrected chi connectivity index (χ1v) is 8.99. The predicted molar refractivity (Wildman–Crippen MR) is 89.5 cm³/mol. The Morgan fingerprint density at radius 3 is 2.25 bits per heavy atom. The first kappa shape index (κ1) is 19.9. The molecular weight excluding hydrogens is 460 g/mol. The topological polar surface area (TPSA) is 52.6 Å². The van der Waals surface area contributed by atoms with E-state index in [1.807, 2.05) is 0 Å². The van der Waals surface area contributed by atoms with Crippen LogP contribution in [0.4, 0.5) is 0 Å². The van der Waals surface area contributed by atoms with Crippen LogP contribution in [0.2, 0.25) is 0 Å². The fraction of sp³-hybridized carbons (Fsp3) is 0.538. The summed E-state index contributed by atoms with van der Waals surface area (Å²) in [7, 11) is 0. The van der Waals surface area contributed by atoms with Crippen LogP contribution in [0.3, 0.4) is 0 Å². The van der Waals surface area contributed by atoms with Crippen LogP contribution in [-0.4, -0.2) is 34.0 Å². The molecule has 20 heavy (non-hydrogen) atoms. The largest absolute Gasteiger partial charge is 0.461 e. The van der Waals surface area contributed by atoms with E-state index in [0.29, 0.717) is 22.8 Å². The molecule has 114 valence electrons. The van der Waals surface area contributed by atoms with E-state index in [1.54, 1.807) is 13.8 Å². The fourth-order valence-electron chi connectivity index (χ4n) is 1.08. The molecule has 0 amide bonds. The van der Waals surface area contributed by atoms with Gasteiger partial charge in [0.25, 0.3) is 0 Å². The molecule has 0 aliphatic heterocycles. The van der Waals surface area contributed by atoms with Gasteiger partial charge in [-0.1, -0.05) is 54.4 Å². The Kier molecular flexibility index (Phi) is 10.5. The lowest BCUT2D eigenvalue weighted by Crippen LogP contribution is -2.16. The Morgan fingerprint density at radius 2 is 1.80 bits per heavy atom. The molecule has 1 atom stereocenters. The number of carbonyl (C=O) groups is 2. The minimum Gasteiger partial charge on any atom is -0.461 e. The number of halogens is 3. The minimum atomic E-state index is -0.554. The molecular formula is C13H17Br3O4.